The number of hydrogen-bond donors (Lipinski definition) is 0. The van der Waals surface area contributed by atoms with Gasteiger partial charge in [0.1, 0.15) is 17.6 Å². The van der Waals surface area contributed by atoms with Gasteiger partial charge in [0.2, 0.25) is 5.91 Å². The van der Waals surface area contributed by atoms with Crippen molar-refractivity contribution in [2.45, 2.75) is 13.1 Å². The van der Waals surface area contributed by atoms with Gasteiger partial charge in [-0.05, 0) is 29.8 Å². The number of pyridine rings is 1. The highest BCUT2D eigenvalue weighted by Crippen LogP contribution is 2.14. The number of fused-ring (bicyclic) bond motifs is 1. The quantitative estimate of drug-likeness (QED) is 0.701. The van der Waals surface area contributed by atoms with E-state index in [0.29, 0.717) is 6.54 Å². The zero-order valence-corrected chi connectivity index (χ0v) is 14.1. The molecule has 0 saturated carbocycles. The molecule has 1 amide bonds. The van der Waals surface area contributed by atoms with E-state index in [9.17, 15) is 9.59 Å². The minimum atomic E-state index is -0.322. The maximum absolute atomic E-state index is 12.4. The Bertz CT molecular complexity index is 934. The molecule has 0 fully saturated rings. The van der Waals surface area contributed by atoms with E-state index in [1.165, 1.54) is 11.7 Å². The molecule has 24 heavy (non-hydrogen) atoms. The highest BCUT2D eigenvalue weighted by Gasteiger charge is 2.13. The molecule has 8 heteroatoms. The second-order valence-corrected chi connectivity index (χ2v) is 5.88. The van der Waals surface area contributed by atoms with Gasteiger partial charge in [0.05, 0.1) is 18.8 Å². The van der Waals surface area contributed by atoms with Crippen LogP contribution >= 0.6 is 11.7 Å². The fourth-order valence-corrected chi connectivity index (χ4v) is 2.87. The number of nitrogens with zero attached hydrogens (tertiary/aromatic N) is 4. The number of aromatic nitrogens is 3. The molecular formula is C16H16N4O3S. The fraction of sp³-hybridized carbons (Fsp3) is 0.250. The van der Waals surface area contributed by atoms with E-state index in [1.54, 1.807) is 30.3 Å². The van der Waals surface area contributed by atoms with Gasteiger partial charge < -0.3 is 14.2 Å². The minimum Gasteiger partial charge on any atom is -0.491 e. The molecule has 2 heterocycles. The van der Waals surface area contributed by atoms with Crippen molar-refractivity contribution in [3.8, 4) is 5.75 Å². The van der Waals surface area contributed by atoms with Crippen molar-refractivity contribution in [2.75, 3.05) is 14.2 Å². The van der Waals surface area contributed by atoms with Gasteiger partial charge in [-0.15, -0.1) is 0 Å². The van der Waals surface area contributed by atoms with Crippen LogP contribution in [0, 0.1) is 0 Å². The van der Waals surface area contributed by atoms with Crippen LogP contribution in [0.15, 0.2) is 41.3 Å². The van der Waals surface area contributed by atoms with Crippen molar-refractivity contribution in [2.24, 2.45) is 0 Å². The number of carbonyl (C=O) groups is 1. The largest absolute Gasteiger partial charge is 0.491 e. The SMILES string of the molecule is COc1cccn(CC(=O)N(C)Cc2ccc3nsnc3c2)c1=O. The standard InChI is InChI=1S/C16H16N4O3S/c1-19(9-11-5-6-12-13(8-11)18-24-17-12)15(21)10-20-7-3-4-14(23-2)16(20)22/h3-8H,9-10H2,1-2H3. The van der Waals surface area contributed by atoms with Gasteiger partial charge in [0.15, 0.2) is 5.75 Å². The Labute approximate surface area is 142 Å². The maximum atomic E-state index is 12.4. The normalized spacial score (nSPS) is 10.8. The van der Waals surface area contributed by atoms with Crippen LogP contribution in [0.2, 0.25) is 0 Å². The number of ether oxygens (including phenoxy) is 1. The second kappa shape index (κ2) is 6.79. The van der Waals surface area contributed by atoms with Gasteiger partial charge in [-0.1, -0.05) is 6.07 Å². The van der Waals surface area contributed by atoms with Crippen LogP contribution in [0.25, 0.3) is 11.0 Å². The van der Waals surface area contributed by atoms with Crippen LogP contribution in [0.3, 0.4) is 0 Å². The maximum Gasteiger partial charge on any atom is 0.293 e. The third kappa shape index (κ3) is 3.28. The number of hydrogen-bond acceptors (Lipinski definition) is 6. The number of methoxy groups -OCH3 is 1. The zero-order valence-electron chi connectivity index (χ0n) is 13.3. The van der Waals surface area contributed by atoms with Crippen LogP contribution in [0.5, 0.6) is 5.75 Å². The number of likely N-dealkylation sites (N-methyl/N-ethyl adjacent to an activating group) is 1. The lowest BCUT2D eigenvalue weighted by Gasteiger charge is -2.18. The minimum absolute atomic E-state index is 0.0347. The van der Waals surface area contributed by atoms with Crippen LogP contribution in [0.1, 0.15) is 5.56 Å². The van der Waals surface area contributed by atoms with Crippen molar-refractivity contribution in [1.29, 1.82) is 0 Å². The number of benzene rings is 1. The van der Waals surface area contributed by atoms with Gasteiger partial charge in [0.25, 0.3) is 5.56 Å². The van der Waals surface area contributed by atoms with E-state index < -0.39 is 0 Å². The molecule has 0 unspecified atom stereocenters. The fourth-order valence-electron chi connectivity index (χ4n) is 2.35. The molecule has 7 nitrogen and oxygen atoms in total. The first-order chi connectivity index (χ1) is 11.6. The van der Waals surface area contributed by atoms with Crippen LogP contribution in [-0.2, 0) is 17.9 Å². The van der Waals surface area contributed by atoms with Gasteiger partial charge in [0, 0.05) is 19.8 Å². The third-order valence-corrected chi connectivity index (χ3v) is 4.23. The summed E-state index contributed by atoms with van der Waals surface area (Å²) in [5.74, 6) is 0.0521. The van der Waals surface area contributed by atoms with Crippen molar-refractivity contribution >= 4 is 28.7 Å². The Hall–Kier alpha value is -2.74. The molecule has 0 aliphatic carbocycles. The molecule has 1 aromatic carbocycles. The molecule has 0 saturated heterocycles. The van der Waals surface area contributed by atoms with Gasteiger partial charge in [-0.2, -0.15) is 8.75 Å². The van der Waals surface area contributed by atoms with Gasteiger partial charge >= 0.3 is 0 Å². The highest BCUT2D eigenvalue weighted by molar-refractivity contribution is 7.00. The van der Waals surface area contributed by atoms with Gasteiger partial charge in [-0.25, -0.2) is 0 Å². The van der Waals surface area contributed by atoms with E-state index in [-0.39, 0.29) is 23.8 Å². The molecular weight excluding hydrogens is 328 g/mol. The van der Waals surface area contributed by atoms with E-state index in [0.717, 1.165) is 28.3 Å². The molecule has 2 aromatic heterocycles. The van der Waals surface area contributed by atoms with E-state index in [2.05, 4.69) is 8.75 Å². The summed E-state index contributed by atoms with van der Waals surface area (Å²) in [6.07, 6.45) is 1.57. The molecule has 124 valence electrons. The summed E-state index contributed by atoms with van der Waals surface area (Å²) >= 11 is 1.16. The molecule has 0 radical (unpaired) electrons. The van der Waals surface area contributed by atoms with E-state index in [4.69, 9.17) is 4.74 Å². The Balaban J connectivity index is 1.71. The molecule has 0 aliphatic rings. The first-order valence-electron chi connectivity index (χ1n) is 7.27. The van der Waals surface area contributed by atoms with Crippen molar-refractivity contribution in [3.05, 3.63) is 52.4 Å². The first kappa shape index (κ1) is 16.1. The second-order valence-electron chi connectivity index (χ2n) is 5.35. The third-order valence-electron chi connectivity index (χ3n) is 3.67. The summed E-state index contributed by atoms with van der Waals surface area (Å²) in [4.78, 5) is 26.0. The average molecular weight is 344 g/mol. The molecule has 0 aliphatic heterocycles. The summed E-state index contributed by atoms with van der Waals surface area (Å²) < 4.78 is 14.7. The summed E-state index contributed by atoms with van der Waals surface area (Å²) in [6.45, 7) is 0.401. The number of carbonyl (C=O) groups excluding carboxylic acids is 1. The highest BCUT2D eigenvalue weighted by atomic mass is 32.1. The summed E-state index contributed by atoms with van der Waals surface area (Å²) in [6, 6.07) is 8.98. The van der Waals surface area contributed by atoms with Crippen molar-refractivity contribution in [3.63, 3.8) is 0 Å². The Morgan fingerprint density at radius 1 is 1.29 bits per heavy atom. The Morgan fingerprint density at radius 3 is 2.88 bits per heavy atom. The van der Waals surface area contributed by atoms with E-state index in [1.807, 2.05) is 18.2 Å². The molecule has 3 aromatic rings. The summed E-state index contributed by atoms with van der Waals surface area (Å²) in [5, 5.41) is 0. The monoisotopic (exact) mass is 344 g/mol. The lowest BCUT2D eigenvalue weighted by Crippen LogP contribution is -2.33. The van der Waals surface area contributed by atoms with Crippen LogP contribution < -0.4 is 10.3 Å². The Kier molecular flexibility index (Phi) is 4.57. The zero-order chi connectivity index (χ0) is 17.1. The van der Waals surface area contributed by atoms with Gasteiger partial charge in [-0.3, -0.25) is 9.59 Å². The van der Waals surface area contributed by atoms with Crippen LogP contribution in [0.4, 0.5) is 0 Å². The number of rotatable bonds is 5. The molecule has 0 atom stereocenters. The Morgan fingerprint density at radius 2 is 2.08 bits per heavy atom. The average Bonchev–Trinajstić information content (AvgIpc) is 3.04. The molecule has 0 bridgehead atoms. The predicted molar refractivity (Wildman–Crippen MR) is 91.1 cm³/mol. The lowest BCUT2D eigenvalue weighted by atomic mass is 10.2. The molecule has 0 N–H and O–H groups in total. The lowest BCUT2D eigenvalue weighted by molar-refractivity contribution is -0.131. The predicted octanol–water partition coefficient (Wildman–Crippen LogP) is 1.52. The summed E-state index contributed by atoms with van der Waals surface area (Å²) in [7, 11) is 3.13. The van der Waals surface area contributed by atoms with E-state index >= 15 is 0 Å². The first-order valence-corrected chi connectivity index (χ1v) is 8.00. The van der Waals surface area contributed by atoms with Crippen LogP contribution in [-0.4, -0.2) is 38.3 Å². The van der Waals surface area contributed by atoms with Crippen molar-refractivity contribution < 1.29 is 9.53 Å². The smallest absolute Gasteiger partial charge is 0.293 e. The topological polar surface area (TPSA) is 77.3 Å². The summed E-state index contributed by atoms with van der Waals surface area (Å²) in [5.41, 5.74) is 2.31. The number of amides is 1. The molecule has 0 spiro atoms. The molecule has 3 rings (SSSR count). The van der Waals surface area contributed by atoms with Crippen molar-refractivity contribution in [1.82, 2.24) is 18.2 Å².